The summed E-state index contributed by atoms with van der Waals surface area (Å²) >= 11 is 1.57. The molecule has 0 aliphatic rings. The van der Waals surface area contributed by atoms with Crippen molar-refractivity contribution >= 4 is 11.3 Å². The second-order valence-electron chi connectivity index (χ2n) is 4.46. The van der Waals surface area contributed by atoms with Crippen molar-refractivity contribution in [3.8, 4) is 5.75 Å². The highest BCUT2D eigenvalue weighted by Gasteiger charge is 2.10. The van der Waals surface area contributed by atoms with E-state index in [0.717, 1.165) is 10.6 Å². The highest BCUT2D eigenvalue weighted by molar-refractivity contribution is 7.10. The molecular formula is C15H19NO2S. The molecule has 102 valence electrons. The summed E-state index contributed by atoms with van der Waals surface area (Å²) in [7, 11) is 0. The van der Waals surface area contributed by atoms with Crippen LogP contribution in [0.4, 0.5) is 0 Å². The lowest BCUT2D eigenvalue weighted by Crippen LogP contribution is -2.34. The van der Waals surface area contributed by atoms with Crippen LogP contribution in [0.15, 0.2) is 47.8 Å². The Hall–Kier alpha value is -1.36. The third-order valence-electron chi connectivity index (χ3n) is 2.77. The summed E-state index contributed by atoms with van der Waals surface area (Å²) in [4.78, 5) is 0.990. The second kappa shape index (κ2) is 7.28. The average molecular weight is 277 g/mol. The lowest BCUT2D eigenvalue weighted by atomic mass is 10.2. The van der Waals surface area contributed by atoms with Crippen LogP contribution < -0.4 is 10.1 Å². The van der Waals surface area contributed by atoms with E-state index in [1.807, 2.05) is 54.8 Å². The minimum absolute atomic E-state index is 0.190. The first kappa shape index (κ1) is 14.1. The van der Waals surface area contributed by atoms with E-state index >= 15 is 0 Å². The molecule has 4 heteroatoms. The molecule has 19 heavy (non-hydrogen) atoms. The van der Waals surface area contributed by atoms with Gasteiger partial charge < -0.3 is 15.2 Å². The Balaban J connectivity index is 1.69. The SMILES string of the molecule is CC(COc1ccccc1)NCC(O)c1cccs1. The van der Waals surface area contributed by atoms with Gasteiger partial charge in [-0.15, -0.1) is 11.3 Å². The number of hydrogen-bond donors (Lipinski definition) is 2. The Labute approximate surface area is 117 Å². The summed E-state index contributed by atoms with van der Waals surface area (Å²) in [5, 5.41) is 15.2. The van der Waals surface area contributed by atoms with Gasteiger partial charge in [0.25, 0.3) is 0 Å². The largest absolute Gasteiger partial charge is 0.492 e. The van der Waals surface area contributed by atoms with E-state index in [-0.39, 0.29) is 6.04 Å². The maximum atomic E-state index is 9.95. The second-order valence-corrected chi connectivity index (χ2v) is 5.44. The number of thiophene rings is 1. The smallest absolute Gasteiger partial charge is 0.119 e. The van der Waals surface area contributed by atoms with Crippen LogP contribution in [0, 0.1) is 0 Å². The maximum absolute atomic E-state index is 9.95. The average Bonchev–Trinajstić information content (AvgIpc) is 2.98. The van der Waals surface area contributed by atoms with Crippen molar-refractivity contribution in [3.63, 3.8) is 0 Å². The van der Waals surface area contributed by atoms with Crippen molar-refractivity contribution in [1.29, 1.82) is 0 Å². The van der Waals surface area contributed by atoms with Gasteiger partial charge in [0.2, 0.25) is 0 Å². The Morgan fingerprint density at radius 2 is 2.00 bits per heavy atom. The number of hydrogen-bond acceptors (Lipinski definition) is 4. The van der Waals surface area contributed by atoms with E-state index in [1.165, 1.54) is 0 Å². The van der Waals surface area contributed by atoms with Crippen molar-refractivity contribution in [2.45, 2.75) is 19.1 Å². The third kappa shape index (κ3) is 4.67. The minimum Gasteiger partial charge on any atom is -0.492 e. The topological polar surface area (TPSA) is 41.5 Å². The fraction of sp³-hybridized carbons (Fsp3) is 0.333. The Morgan fingerprint density at radius 3 is 2.68 bits per heavy atom. The van der Waals surface area contributed by atoms with E-state index in [4.69, 9.17) is 4.74 Å². The van der Waals surface area contributed by atoms with E-state index in [1.54, 1.807) is 11.3 Å². The molecule has 0 saturated carbocycles. The molecule has 1 heterocycles. The molecule has 2 rings (SSSR count). The molecule has 1 aromatic carbocycles. The summed E-state index contributed by atoms with van der Waals surface area (Å²) in [5.41, 5.74) is 0. The van der Waals surface area contributed by atoms with Gasteiger partial charge in [0.15, 0.2) is 0 Å². The quantitative estimate of drug-likeness (QED) is 0.817. The molecule has 0 saturated heterocycles. The Morgan fingerprint density at radius 1 is 1.21 bits per heavy atom. The van der Waals surface area contributed by atoms with Crippen LogP contribution in [0.3, 0.4) is 0 Å². The number of para-hydroxylation sites is 1. The van der Waals surface area contributed by atoms with Crippen LogP contribution in [-0.2, 0) is 0 Å². The molecule has 1 aromatic heterocycles. The van der Waals surface area contributed by atoms with Gasteiger partial charge in [-0.2, -0.15) is 0 Å². The van der Waals surface area contributed by atoms with E-state index in [9.17, 15) is 5.11 Å². The third-order valence-corrected chi connectivity index (χ3v) is 3.75. The molecular weight excluding hydrogens is 258 g/mol. The molecule has 0 aliphatic carbocycles. The molecule has 0 spiro atoms. The molecule has 3 nitrogen and oxygen atoms in total. The zero-order valence-corrected chi connectivity index (χ0v) is 11.8. The molecule has 2 aromatic rings. The van der Waals surface area contributed by atoms with Gasteiger partial charge in [0, 0.05) is 17.5 Å². The fourth-order valence-electron chi connectivity index (χ4n) is 1.69. The van der Waals surface area contributed by atoms with Crippen molar-refractivity contribution in [1.82, 2.24) is 5.32 Å². The van der Waals surface area contributed by atoms with E-state index < -0.39 is 6.10 Å². The highest BCUT2D eigenvalue weighted by atomic mass is 32.1. The molecule has 0 amide bonds. The van der Waals surface area contributed by atoms with Crippen molar-refractivity contribution in [3.05, 3.63) is 52.7 Å². The van der Waals surface area contributed by atoms with Gasteiger partial charge >= 0.3 is 0 Å². The summed E-state index contributed by atoms with van der Waals surface area (Å²) in [6, 6.07) is 13.8. The van der Waals surface area contributed by atoms with Gasteiger partial charge in [-0.1, -0.05) is 24.3 Å². The number of aliphatic hydroxyl groups excluding tert-OH is 1. The lowest BCUT2D eigenvalue weighted by molar-refractivity contribution is 0.167. The van der Waals surface area contributed by atoms with Crippen LogP contribution in [0.2, 0.25) is 0 Å². The van der Waals surface area contributed by atoms with Crippen molar-refractivity contribution < 1.29 is 9.84 Å². The van der Waals surface area contributed by atoms with Gasteiger partial charge in [0.05, 0.1) is 0 Å². The summed E-state index contributed by atoms with van der Waals surface area (Å²) in [6.45, 7) is 3.17. The van der Waals surface area contributed by atoms with Crippen LogP contribution in [0.5, 0.6) is 5.75 Å². The van der Waals surface area contributed by atoms with Gasteiger partial charge in [-0.05, 0) is 30.5 Å². The first-order valence-corrected chi connectivity index (χ1v) is 7.26. The highest BCUT2D eigenvalue weighted by Crippen LogP contribution is 2.17. The molecule has 0 aliphatic heterocycles. The van der Waals surface area contributed by atoms with Crippen LogP contribution in [-0.4, -0.2) is 24.3 Å². The molecule has 2 unspecified atom stereocenters. The first-order chi connectivity index (χ1) is 9.25. The van der Waals surface area contributed by atoms with Crippen molar-refractivity contribution in [2.75, 3.05) is 13.2 Å². The number of rotatable bonds is 7. The standard InChI is InChI=1S/C15H19NO2S/c1-12(11-18-13-6-3-2-4-7-13)16-10-14(17)15-8-5-9-19-15/h2-9,12,14,16-17H,10-11H2,1H3. The molecule has 0 fully saturated rings. The zero-order valence-electron chi connectivity index (χ0n) is 11.0. The fourth-order valence-corrected chi connectivity index (χ4v) is 2.40. The minimum atomic E-state index is -0.445. The number of aliphatic hydroxyl groups is 1. The predicted molar refractivity (Wildman–Crippen MR) is 78.7 cm³/mol. The molecule has 0 bridgehead atoms. The normalized spacial score (nSPS) is 14.0. The first-order valence-electron chi connectivity index (χ1n) is 6.38. The van der Waals surface area contributed by atoms with Crippen LogP contribution in [0.1, 0.15) is 17.9 Å². The molecule has 2 atom stereocenters. The summed E-state index contributed by atoms with van der Waals surface area (Å²) in [5.74, 6) is 0.870. The Kier molecular flexibility index (Phi) is 5.39. The number of ether oxygens (including phenoxy) is 1. The zero-order chi connectivity index (χ0) is 13.5. The van der Waals surface area contributed by atoms with Crippen molar-refractivity contribution in [2.24, 2.45) is 0 Å². The van der Waals surface area contributed by atoms with Gasteiger partial charge in [-0.25, -0.2) is 0 Å². The molecule has 0 radical (unpaired) electrons. The van der Waals surface area contributed by atoms with E-state index in [0.29, 0.717) is 13.2 Å². The monoisotopic (exact) mass is 277 g/mol. The number of nitrogens with one attached hydrogen (secondary N) is 1. The van der Waals surface area contributed by atoms with Crippen LogP contribution in [0.25, 0.3) is 0 Å². The lowest BCUT2D eigenvalue weighted by Gasteiger charge is -2.17. The van der Waals surface area contributed by atoms with Gasteiger partial charge in [0.1, 0.15) is 18.5 Å². The van der Waals surface area contributed by atoms with E-state index in [2.05, 4.69) is 5.32 Å². The predicted octanol–water partition coefficient (Wildman–Crippen LogP) is 2.84. The molecule has 2 N–H and O–H groups in total. The van der Waals surface area contributed by atoms with Gasteiger partial charge in [-0.3, -0.25) is 0 Å². The summed E-state index contributed by atoms with van der Waals surface area (Å²) < 4.78 is 5.65. The maximum Gasteiger partial charge on any atom is 0.119 e. The Bertz CT molecular complexity index is 458. The van der Waals surface area contributed by atoms with Crippen LogP contribution >= 0.6 is 11.3 Å². The summed E-state index contributed by atoms with van der Waals surface area (Å²) in [6.07, 6.45) is -0.445. The number of benzene rings is 1.